The summed E-state index contributed by atoms with van der Waals surface area (Å²) < 4.78 is 0. The fourth-order valence-corrected chi connectivity index (χ4v) is 4.74. The van der Waals surface area contributed by atoms with E-state index in [0.29, 0.717) is 25.6 Å². The van der Waals surface area contributed by atoms with Crippen molar-refractivity contribution in [1.29, 1.82) is 0 Å². The SMILES string of the molecule is CC(C)C1NNC(C(=O)N2CCN(Cc3cccc([N+](=O)[O-])c3)CC2)C1Br. The Bertz CT molecular complexity index is 693. The van der Waals surface area contributed by atoms with Crippen molar-refractivity contribution in [3.05, 3.63) is 39.9 Å². The molecule has 2 heterocycles. The zero-order chi connectivity index (χ0) is 19.6. The Morgan fingerprint density at radius 2 is 2.00 bits per heavy atom. The molecule has 2 N–H and O–H groups in total. The Hall–Kier alpha value is -1.55. The summed E-state index contributed by atoms with van der Waals surface area (Å²) in [5.74, 6) is 0.536. The van der Waals surface area contributed by atoms with Crippen LogP contribution in [0.15, 0.2) is 24.3 Å². The minimum Gasteiger partial charge on any atom is -0.339 e. The van der Waals surface area contributed by atoms with E-state index < -0.39 is 0 Å². The van der Waals surface area contributed by atoms with E-state index in [1.807, 2.05) is 11.0 Å². The van der Waals surface area contributed by atoms with Crippen LogP contribution in [-0.2, 0) is 11.3 Å². The number of hydrazine groups is 1. The van der Waals surface area contributed by atoms with Gasteiger partial charge in [0.15, 0.2) is 0 Å². The summed E-state index contributed by atoms with van der Waals surface area (Å²) in [6, 6.07) is 6.69. The van der Waals surface area contributed by atoms with E-state index in [1.165, 1.54) is 6.07 Å². The molecular weight excluding hydrogens is 414 g/mol. The summed E-state index contributed by atoms with van der Waals surface area (Å²) in [6.45, 7) is 7.77. The highest BCUT2D eigenvalue weighted by Crippen LogP contribution is 2.23. The molecule has 8 nitrogen and oxygen atoms in total. The Morgan fingerprint density at radius 3 is 2.59 bits per heavy atom. The summed E-state index contributed by atoms with van der Waals surface area (Å²) in [7, 11) is 0. The van der Waals surface area contributed by atoms with Crippen molar-refractivity contribution in [2.24, 2.45) is 5.92 Å². The van der Waals surface area contributed by atoms with Crippen LogP contribution in [0.3, 0.4) is 0 Å². The predicted molar refractivity (Wildman–Crippen MR) is 106 cm³/mol. The third kappa shape index (κ3) is 4.66. The first kappa shape index (κ1) is 20.2. The standard InChI is InChI=1S/C18H26BrN5O3/c1-12(2)16-15(19)17(21-20-16)18(25)23-8-6-22(7-9-23)11-13-4-3-5-14(10-13)24(26)27/h3-5,10,12,15-17,20-21H,6-9,11H2,1-2H3. The van der Waals surface area contributed by atoms with Crippen LogP contribution in [0, 0.1) is 16.0 Å². The van der Waals surface area contributed by atoms with Crippen LogP contribution in [0.5, 0.6) is 0 Å². The minimum atomic E-state index is -0.371. The number of carbonyl (C=O) groups excluding carboxylic acids is 1. The molecule has 9 heteroatoms. The summed E-state index contributed by atoms with van der Waals surface area (Å²) in [5, 5.41) is 10.9. The zero-order valence-electron chi connectivity index (χ0n) is 15.6. The molecule has 27 heavy (non-hydrogen) atoms. The molecule has 0 saturated carbocycles. The number of piperazine rings is 1. The highest BCUT2D eigenvalue weighted by molar-refractivity contribution is 9.09. The summed E-state index contributed by atoms with van der Waals surface area (Å²) in [4.78, 5) is 27.6. The van der Waals surface area contributed by atoms with Gasteiger partial charge in [-0.05, 0) is 11.5 Å². The normalized spacial score (nSPS) is 26.5. The molecule has 2 fully saturated rings. The fourth-order valence-electron chi connectivity index (χ4n) is 3.63. The Balaban J connectivity index is 1.52. The van der Waals surface area contributed by atoms with Crippen LogP contribution < -0.4 is 10.9 Å². The van der Waals surface area contributed by atoms with E-state index >= 15 is 0 Å². The highest BCUT2D eigenvalue weighted by atomic mass is 79.9. The van der Waals surface area contributed by atoms with Crippen LogP contribution in [0.2, 0.25) is 0 Å². The number of nitrogens with one attached hydrogen (secondary N) is 2. The number of nitro benzene ring substituents is 1. The Labute approximate surface area is 167 Å². The van der Waals surface area contributed by atoms with Crippen molar-refractivity contribution in [2.45, 2.75) is 37.3 Å². The van der Waals surface area contributed by atoms with Crippen molar-refractivity contribution in [2.75, 3.05) is 26.2 Å². The van der Waals surface area contributed by atoms with Gasteiger partial charge >= 0.3 is 0 Å². The minimum absolute atomic E-state index is 0.0629. The number of non-ortho nitro benzene ring substituents is 1. The third-order valence-corrected chi connectivity index (χ3v) is 6.36. The summed E-state index contributed by atoms with van der Waals surface area (Å²) >= 11 is 3.68. The number of nitrogens with zero attached hydrogens (tertiary/aromatic N) is 3. The predicted octanol–water partition coefficient (Wildman–Crippen LogP) is 1.50. The lowest BCUT2D eigenvalue weighted by Gasteiger charge is -2.36. The summed E-state index contributed by atoms with van der Waals surface area (Å²) in [6.07, 6.45) is 0. The van der Waals surface area contributed by atoms with Gasteiger partial charge in [0.05, 0.1) is 9.75 Å². The smallest absolute Gasteiger partial charge is 0.269 e. The maximum absolute atomic E-state index is 12.9. The highest BCUT2D eigenvalue weighted by Gasteiger charge is 2.41. The lowest BCUT2D eigenvalue weighted by atomic mass is 9.99. The molecule has 2 saturated heterocycles. The van der Waals surface area contributed by atoms with Gasteiger partial charge in [-0.25, -0.2) is 5.43 Å². The van der Waals surface area contributed by atoms with Gasteiger partial charge in [0, 0.05) is 50.9 Å². The second kappa shape index (κ2) is 8.64. The lowest BCUT2D eigenvalue weighted by Crippen LogP contribution is -2.54. The number of nitro groups is 1. The number of hydrogen-bond acceptors (Lipinski definition) is 6. The molecule has 2 aliphatic heterocycles. The van der Waals surface area contributed by atoms with Gasteiger partial charge in [0.1, 0.15) is 6.04 Å². The van der Waals surface area contributed by atoms with E-state index in [-0.39, 0.29) is 33.4 Å². The molecule has 0 bridgehead atoms. The zero-order valence-corrected chi connectivity index (χ0v) is 17.2. The van der Waals surface area contributed by atoms with Crippen molar-refractivity contribution in [1.82, 2.24) is 20.7 Å². The van der Waals surface area contributed by atoms with Crippen molar-refractivity contribution < 1.29 is 9.72 Å². The van der Waals surface area contributed by atoms with Crippen molar-refractivity contribution in [3.8, 4) is 0 Å². The molecule has 0 spiro atoms. The first-order valence-electron chi connectivity index (χ1n) is 9.26. The summed E-state index contributed by atoms with van der Waals surface area (Å²) in [5.41, 5.74) is 7.40. The Kier molecular flexibility index (Phi) is 6.46. The van der Waals surface area contributed by atoms with Crippen LogP contribution >= 0.6 is 15.9 Å². The molecule has 3 rings (SSSR count). The largest absolute Gasteiger partial charge is 0.339 e. The molecular formula is C18H26BrN5O3. The van der Waals surface area contributed by atoms with Gasteiger partial charge in [-0.3, -0.25) is 25.2 Å². The third-order valence-electron chi connectivity index (χ3n) is 5.26. The van der Waals surface area contributed by atoms with Gasteiger partial charge in [-0.15, -0.1) is 0 Å². The van der Waals surface area contributed by atoms with Crippen LogP contribution in [0.25, 0.3) is 0 Å². The molecule has 0 aliphatic carbocycles. The average molecular weight is 440 g/mol. The van der Waals surface area contributed by atoms with E-state index in [4.69, 9.17) is 0 Å². The first-order chi connectivity index (χ1) is 12.9. The first-order valence-corrected chi connectivity index (χ1v) is 10.2. The second-order valence-electron chi connectivity index (χ2n) is 7.51. The molecule has 148 valence electrons. The van der Waals surface area contributed by atoms with E-state index in [9.17, 15) is 14.9 Å². The molecule has 0 radical (unpaired) electrons. The number of benzene rings is 1. The van der Waals surface area contributed by atoms with Gasteiger partial charge in [0.25, 0.3) is 5.69 Å². The molecule has 3 atom stereocenters. The molecule has 2 aliphatic rings. The monoisotopic (exact) mass is 439 g/mol. The van der Waals surface area contributed by atoms with E-state index in [2.05, 4.69) is 45.5 Å². The van der Waals surface area contributed by atoms with Crippen LogP contribution in [0.4, 0.5) is 5.69 Å². The van der Waals surface area contributed by atoms with Crippen LogP contribution in [-0.4, -0.2) is 63.7 Å². The molecule has 1 amide bonds. The average Bonchev–Trinajstić information content (AvgIpc) is 3.03. The van der Waals surface area contributed by atoms with Crippen LogP contribution in [0.1, 0.15) is 19.4 Å². The van der Waals surface area contributed by atoms with E-state index in [1.54, 1.807) is 12.1 Å². The van der Waals surface area contributed by atoms with Crippen molar-refractivity contribution in [3.63, 3.8) is 0 Å². The molecule has 1 aromatic rings. The number of rotatable bonds is 5. The van der Waals surface area contributed by atoms with Gasteiger partial charge < -0.3 is 4.90 Å². The van der Waals surface area contributed by atoms with Gasteiger partial charge in [0.2, 0.25) is 5.91 Å². The number of amides is 1. The number of hydrogen-bond donors (Lipinski definition) is 2. The maximum atomic E-state index is 12.9. The van der Waals surface area contributed by atoms with Gasteiger partial charge in [-0.2, -0.15) is 0 Å². The van der Waals surface area contributed by atoms with Crippen molar-refractivity contribution >= 4 is 27.5 Å². The van der Waals surface area contributed by atoms with E-state index in [0.717, 1.165) is 18.7 Å². The number of carbonyl (C=O) groups is 1. The van der Waals surface area contributed by atoms with Gasteiger partial charge in [-0.1, -0.05) is 41.9 Å². The quantitative estimate of drug-likeness (QED) is 0.410. The topological polar surface area (TPSA) is 90.8 Å². The second-order valence-corrected chi connectivity index (χ2v) is 8.57. The fraction of sp³-hybridized carbons (Fsp3) is 0.611. The maximum Gasteiger partial charge on any atom is 0.269 e. The Morgan fingerprint density at radius 1 is 1.30 bits per heavy atom. The molecule has 0 aromatic heterocycles. The lowest BCUT2D eigenvalue weighted by molar-refractivity contribution is -0.384. The number of alkyl halides is 1. The molecule has 3 unspecified atom stereocenters. The molecule has 1 aromatic carbocycles. The number of halogens is 1.